The molecule has 0 saturated heterocycles. The van der Waals surface area contributed by atoms with Crippen molar-refractivity contribution in [3.8, 4) is 0 Å². The molecule has 1 aromatic carbocycles. The molecule has 1 atom stereocenters. The van der Waals surface area contributed by atoms with Gasteiger partial charge < -0.3 is 5.32 Å². The summed E-state index contributed by atoms with van der Waals surface area (Å²) in [6, 6.07) is 7.72. The third-order valence-corrected chi connectivity index (χ3v) is 4.15. The first kappa shape index (κ1) is 12.8. The van der Waals surface area contributed by atoms with Gasteiger partial charge in [-0.05, 0) is 30.9 Å². The maximum atomic E-state index is 14.0. The minimum absolute atomic E-state index is 0.111. The first-order valence-electron chi connectivity index (χ1n) is 6.68. The van der Waals surface area contributed by atoms with Crippen LogP contribution in [-0.4, -0.2) is 17.6 Å². The summed E-state index contributed by atoms with van der Waals surface area (Å²) in [5.41, 5.74) is 3.68. The van der Waals surface area contributed by atoms with E-state index >= 15 is 0 Å². The molecular formula is C15H17FN2S. The number of hydrogen-bond acceptors (Lipinski definition) is 3. The molecule has 0 spiro atoms. The lowest BCUT2D eigenvalue weighted by atomic mass is 9.94. The highest BCUT2D eigenvalue weighted by Gasteiger charge is 2.24. The second-order valence-corrected chi connectivity index (χ2v) is 5.80. The Morgan fingerprint density at radius 1 is 1.37 bits per heavy atom. The molecule has 2 nitrogen and oxygen atoms in total. The number of halogens is 1. The van der Waals surface area contributed by atoms with E-state index in [1.165, 1.54) is 12.8 Å². The van der Waals surface area contributed by atoms with E-state index in [2.05, 4.69) is 10.3 Å². The van der Waals surface area contributed by atoms with E-state index < -0.39 is 0 Å². The van der Waals surface area contributed by atoms with Crippen LogP contribution in [0.5, 0.6) is 0 Å². The second-order valence-electron chi connectivity index (χ2n) is 5.08. The van der Waals surface area contributed by atoms with Crippen LogP contribution >= 0.6 is 11.3 Å². The first-order valence-corrected chi connectivity index (χ1v) is 7.62. The average molecular weight is 276 g/mol. The summed E-state index contributed by atoms with van der Waals surface area (Å²) in [6.07, 6.45) is 3.30. The number of hydrogen-bond donors (Lipinski definition) is 1. The third-order valence-electron chi connectivity index (χ3n) is 3.51. The van der Waals surface area contributed by atoms with Crippen LogP contribution in [0.2, 0.25) is 0 Å². The molecule has 0 radical (unpaired) electrons. The summed E-state index contributed by atoms with van der Waals surface area (Å²) in [7, 11) is 0. The Bertz CT molecular complexity index is 523. The molecule has 1 aliphatic carbocycles. The van der Waals surface area contributed by atoms with Gasteiger partial charge in [-0.3, -0.25) is 0 Å². The molecule has 1 N–H and O–H groups in total. The highest BCUT2D eigenvalue weighted by molar-refractivity contribution is 7.07. The van der Waals surface area contributed by atoms with Gasteiger partial charge in [0.2, 0.25) is 0 Å². The Balaban J connectivity index is 1.76. The number of rotatable bonds is 6. The van der Waals surface area contributed by atoms with Gasteiger partial charge in [-0.25, -0.2) is 9.37 Å². The smallest absolute Gasteiger partial charge is 0.126 e. The number of aromatic nitrogens is 1. The van der Waals surface area contributed by atoms with Crippen LogP contribution < -0.4 is 5.32 Å². The van der Waals surface area contributed by atoms with E-state index in [1.54, 1.807) is 23.5 Å². The SMILES string of the molecule is Fc1ccccc1C(CNC1CC1)Cc1cscn1. The fourth-order valence-corrected chi connectivity index (χ4v) is 2.86. The maximum Gasteiger partial charge on any atom is 0.126 e. The van der Waals surface area contributed by atoms with E-state index in [1.807, 2.05) is 23.0 Å². The summed E-state index contributed by atoms with van der Waals surface area (Å²) < 4.78 is 14.0. The van der Waals surface area contributed by atoms with Crippen molar-refractivity contribution in [1.29, 1.82) is 0 Å². The van der Waals surface area contributed by atoms with Gasteiger partial charge in [0.1, 0.15) is 5.82 Å². The zero-order valence-corrected chi connectivity index (χ0v) is 11.5. The van der Waals surface area contributed by atoms with E-state index in [4.69, 9.17) is 0 Å². The minimum Gasteiger partial charge on any atom is -0.313 e. The van der Waals surface area contributed by atoms with Gasteiger partial charge in [0.15, 0.2) is 0 Å². The van der Waals surface area contributed by atoms with E-state index in [9.17, 15) is 4.39 Å². The highest BCUT2D eigenvalue weighted by atomic mass is 32.1. The molecule has 0 bridgehead atoms. The van der Waals surface area contributed by atoms with Crippen LogP contribution in [0.1, 0.15) is 30.0 Å². The molecule has 19 heavy (non-hydrogen) atoms. The molecule has 1 unspecified atom stereocenters. The third kappa shape index (κ3) is 3.39. The number of benzene rings is 1. The largest absolute Gasteiger partial charge is 0.313 e. The summed E-state index contributed by atoms with van der Waals surface area (Å²) >= 11 is 1.59. The Hall–Kier alpha value is -1.26. The Morgan fingerprint density at radius 2 is 2.21 bits per heavy atom. The van der Waals surface area contributed by atoms with E-state index in [0.29, 0.717) is 6.04 Å². The zero-order chi connectivity index (χ0) is 13.1. The Labute approximate surface area is 116 Å². The van der Waals surface area contributed by atoms with Gasteiger partial charge in [0.05, 0.1) is 11.2 Å². The average Bonchev–Trinajstić information content (AvgIpc) is 3.11. The molecule has 1 heterocycles. The van der Waals surface area contributed by atoms with Crippen molar-refractivity contribution < 1.29 is 4.39 Å². The molecule has 1 fully saturated rings. The molecule has 100 valence electrons. The molecule has 0 aliphatic heterocycles. The van der Waals surface area contributed by atoms with Crippen molar-refractivity contribution in [2.24, 2.45) is 0 Å². The summed E-state index contributed by atoms with van der Waals surface area (Å²) in [5, 5.41) is 5.55. The molecule has 1 aromatic heterocycles. The lowest BCUT2D eigenvalue weighted by molar-refractivity contribution is 0.533. The summed E-state index contributed by atoms with van der Waals surface area (Å²) in [5.74, 6) is 0.0456. The molecule has 4 heteroatoms. The zero-order valence-electron chi connectivity index (χ0n) is 10.7. The van der Waals surface area contributed by atoms with E-state index in [-0.39, 0.29) is 11.7 Å². The van der Waals surface area contributed by atoms with Crippen molar-refractivity contribution >= 4 is 11.3 Å². The van der Waals surface area contributed by atoms with Crippen molar-refractivity contribution in [1.82, 2.24) is 10.3 Å². The van der Waals surface area contributed by atoms with Gasteiger partial charge in [-0.15, -0.1) is 11.3 Å². The van der Waals surface area contributed by atoms with Crippen LogP contribution in [0.3, 0.4) is 0 Å². The quantitative estimate of drug-likeness (QED) is 0.875. The van der Waals surface area contributed by atoms with Crippen LogP contribution in [0, 0.1) is 5.82 Å². The van der Waals surface area contributed by atoms with Gasteiger partial charge >= 0.3 is 0 Å². The normalized spacial score (nSPS) is 16.5. The van der Waals surface area contributed by atoms with Crippen LogP contribution in [0.4, 0.5) is 4.39 Å². The molecule has 2 aromatic rings. The van der Waals surface area contributed by atoms with Crippen molar-refractivity contribution in [3.63, 3.8) is 0 Å². The molecule has 3 rings (SSSR count). The van der Waals surface area contributed by atoms with Gasteiger partial charge in [0, 0.05) is 23.9 Å². The predicted molar refractivity (Wildman–Crippen MR) is 76.0 cm³/mol. The Morgan fingerprint density at radius 3 is 2.89 bits per heavy atom. The highest BCUT2D eigenvalue weighted by Crippen LogP contribution is 2.25. The van der Waals surface area contributed by atoms with Crippen LogP contribution in [0.25, 0.3) is 0 Å². The maximum absolute atomic E-state index is 14.0. The molecule has 0 amide bonds. The molecule has 1 saturated carbocycles. The lowest BCUT2D eigenvalue weighted by Crippen LogP contribution is -2.25. The van der Waals surface area contributed by atoms with Gasteiger partial charge in [-0.2, -0.15) is 0 Å². The van der Waals surface area contributed by atoms with Crippen LogP contribution in [-0.2, 0) is 6.42 Å². The monoisotopic (exact) mass is 276 g/mol. The van der Waals surface area contributed by atoms with Gasteiger partial charge in [-0.1, -0.05) is 18.2 Å². The van der Waals surface area contributed by atoms with Crippen molar-refractivity contribution in [3.05, 3.63) is 52.2 Å². The van der Waals surface area contributed by atoms with E-state index in [0.717, 1.165) is 24.2 Å². The second kappa shape index (κ2) is 5.80. The number of nitrogens with zero attached hydrogens (tertiary/aromatic N) is 1. The van der Waals surface area contributed by atoms with Crippen LogP contribution in [0.15, 0.2) is 35.2 Å². The lowest BCUT2D eigenvalue weighted by Gasteiger charge is -2.18. The number of thiazole rings is 1. The molecule has 1 aliphatic rings. The predicted octanol–water partition coefficient (Wildman–Crippen LogP) is 3.36. The Kier molecular flexibility index (Phi) is 3.89. The summed E-state index contributed by atoms with van der Waals surface area (Å²) in [6.45, 7) is 0.823. The summed E-state index contributed by atoms with van der Waals surface area (Å²) in [4.78, 5) is 4.32. The van der Waals surface area contributed by atoms with Gasteiger partial charge in [0.25, 0.3) is 0 Å². The number of nitrogens with one attached hydrogen (secondary N) is 1. The van der Waals surface area contributed by atoms with Crippen molar-refractivity contribution in [2.75, 3.05) is 6.54 Å². The standard InChI is InChI=1S/C15H17FN2S/c16-15-4-2-1-3-14(15)11(8-17-12-5-6-12)7-13-9-19-10-18-13/h1-4,9-12,17H,5-8H2. The first-order chi connectivity index (χ1) is 9.33. The fraction of sp³-hybridized carbons (Fsp3) is 0.400. The fourth-order valence-electron chi connectivity index (χ4n) is 2.29. The van der Waals surface area contributed by atoms with Crippen molar-refractivity contribution in [2.45, 2.75) is 31.2 Å². The minimum atomic E-state index is -0.111. The molecular weight excluding hydrogens is 259 g/mol. The topological polar surface area (TPSA) is 24.9 Å².